The van der Waals surface area contributed by atoms with E-state index in [1.165, 1.54) is 29.4 Å². The number of aryl methyl sites for hydroxylation is 1. The van der Waals surface area contributed by atoms with E-state index in [1.54, 1.807) is 21.7 Å². The number of β-amino-alcohol motifs (C(OH)–C–C–N with tert-alkyl or cyclic N) is 1. The molecule has 6 N–H and O–H groups in total. The lowest BCUT2D eigenvalue weighted by atomic mass is 9.85. The lowest BCUT2D eigenvalue weighted by molar-refractivity contribution is -0.144. The highest BCUT2D eigenvalue weighted by Crippen LogP contribution is 2.38. The number of pyridine rings is 1. The average molecular weight is 1260 g/mol. The molecule has 480 valence electrons. The van der Waals surface area contributed by atoms with Crippen LogP contribution in [0.25, 0.3) is 21.6 Å². The molecule has 0 saturated carbocycles. The molecule has 0 unspecified atom stereocenters. The van der Waals surface area contributed by atoms with Crippen LogP contribution in [0, 0.1) is 18.2 Å². The monoisotopic (exact) mass is 1260 g/mol. The van der Waals surface area contributed by atoms with Crippen molar-refractivity contribution < 1.29 is 51.4 Å². The van der Waals surface area contributed by atoms with Gasteiger partial charge in [0.1, 0.15) is 17.9 Å². The summed E-state index contributed by atoms with van der Waals surface area (Å²) in [5, 5.41) is 21.9. The predicted octanol–water partition coefficient (Wildman–Crippen LogP) is 7.29. The Bertz CT molecular complexity index is 3360. The molecule has 26 heteroatoms. The standard InChI is InChI=1S/C63H81F4N13O8S/c1-38-34-79(35-39(2)76(38)7)50-29-48(64)45(27-49(50)74-58(86)46-33-69-54(84)28-47(46)63(65,66)67)43-31-71-61(72-32-43)78-24-22-77(23-25-78)55(85)20-19-52(82)68-21-13-11-9-8-10-12-14-53(83)75-57(62(4,5)6)60(88)80-36-44(81)26-51(80)59(87)70-30-41-15-17-42(18-16-41)56-40(3)73-37-89-56/h15-18,27-29,31-33,37-39,44,51,57,81H,8-14,19-26,30,34-36H2,1-7H3,(H,68,82)(H,69,84)(H,70,87)(H,74,86)(H,75,83)/t38-,39+,44-,51+,57-/m1/s1. The van der Waals surface area contributed by atoms with E-state index in [4.69, 9.17) is 0 Å². The highest BCUT2D eigenvalue weighted by atomic mass is 32.1. The fraction of sp³-hybridized carbons (Fsp3) is 0.524. The number of piperazine rings is 2. The van der Waals surface area contributed by atoms with Gasteiger partial charge in [-0.15, -0.1) is 11.3 Å². The van der Waals surface area contributed by atoms with Crippen LogP contribution in [0.3, 0.4) is 0 Å². The third-order valence-corrected chi connectivity index (χ3v) is 17.8. The van der Waals surface area contributed by atoms with Gasteiger partial charge in [0.05, 0.1) is 44.7 Å². The number of benzene rings is 2. The lowest BCUT2D eigenvalue weighted by Gasteiger charge is -2.44. The van der Waals surface area contributed by atoms with Gasteiger partial charge in [0, 0.05) is 132 Å². The van der Waals surface area contributed by atoms with E-state index in [9.17, 15) is 51.8 Å². The van der Waals surface area contributed by atoms with E-state index in [-0.39, 0.29) is 97.0 Å². The normalized spacial score (nSPS) is 18.6. The van der Waals surface area contributed by atoms with Gasteiger partial charge in [0.2, 0.25) is 41.0 Å². The minimum absolute atomic E-state index is 0.0138. The molecule has 0 spiro atoms. The summed E-state index contributed by atoms with van der Waals surface area (Å²) in [6.45, 7) is 14.5. The molecule has 5 aromatic rings. The van der Waals surface area contributed by atoms with Crippen LogP contribution in [-0.4, -0.2) is 165 Å². The minimum atomic E-state index is -5.01. The fourth-order valence-corrected chi connectivity index (χ4v) is 12.2. The van der Waals surface area contributed by atoms with Crippen LogP contribution in [0.5, 0.6) is 0 Å². The zero-order valence-corrected chi connectivity index (χ0v) is 52.3. The van der Waals surface area contributed by atoms with Gasteiger partial charge in [-0.3, -0.25) is 38.5 Å². The number of thiazole rings is 1. The third kappa shape index (κ3) is 17.5. The first-order valence-electron chi connectivity index (χ1n) is 30.3. The summed E-state index contributed by atoms with van der Waals surface area (Å²) in [5.74, 6) is -2.96. The third-order valence-electron chi connectivity index (χ3n) is 16.8. The molecule has 6 heterocycles. The number of likely N-dealkylation sites (N-methyl/N-ethyl adjacent to an activating group) is 1. The van der Waals surface area contributed by atoms with Gasteiger partial charge in [-0.25, -0.2) is 19.3 Å². The highest BCUT2D eigenvalue weighted by molar-refractivity contribution is 7.13. The Kier molecular flexibility index (Phi) is 22.4. The molecule has 3 aromatic heterocycles. The number of aromatic nitrogens is 4. The number of rotatable bonds is 23. The van der Waals surface area contributed by atoms with Crippen LogP contribution in [0.15, 0.2) is 71.4 Å². The van der Waals surface area contributed by atoms with E-state index in [2.05, 4.69) is 46.1 Å². The van der Waals surface area contributed by atoms with Crippen LogP contribution in [-0.2, 0) is 36.7 Å². The molecule has 0 radical (unpaired) electrons. The number of anilines is 3. The number of aromatic amines is 1. The zero-order chi connectivity index (χ0) is 64.3. The summed E-state index contributed by atoms with van der Waals surface area (Å²) in [6.07, 6.45) is 2.79. The molecule has 6 amide bonds. The van der Waals surface area contributed by atoms with Crippen molar-refractivity contribution in [3.05, 3.63) is 105 Å². The summed E-state index contributed by atoms with van der Waals surface area (Å²) in [7, 11) is 1.96. The van der Waals surface area contributed by atoms with Gasteiger partial charge in [0.15, 0.2) is 0 Å². The first-order chi connectivity index (χ1) is 42.2. The molecular weight excluding hydrogens is 1170 g/mol. The van der Waals surface area contributed by atoms with Gasteiger partial charge in [-0.2, -0.15) is 13.2 Å². The molecule has 3 aliphatic heterocycles. The fourth-order valence-electron chi connectivity index (χ4n) is 11.4. The summed E-state index contributed by atoms with van der Waals surface area (Å²) < 4.78 is 58.2. The van der Waals surface area contributed by atoms with Crippen molar-refractivity contribution in [3.63, 3.8) is 0 Å². The molecule has 3 saturated heterocycles. The molecule has 3 aliphatic rings. The van der Waals surface area contributed by atoms with Crippen molar-refractivity contribution in [1.82, 2.24) is 50.6 Å². The number of hydrogen-bond donors (Lipinski definition) is 6. The Hall–Kier alpha value is -7.84. The maximum absolute atomic E-state index is 16.2. The predicted molar refractivity (Wildman–Crippen MR) is 331 cm³/mol. The van der Waals surface area contributed by atoms with Crippen LogP contribution in [0.1, 0.15) is 126 Å². The van der Waals surface area contributed by atoms with E-state index < -0.39 is 64.1 Å². The number of nitrogens with one attached hydrogen (secondary N) is 5. The Labute approximate surface area is 519 Å². The molecule has 89 heavy (non-hydrogen) atoms. The maximum Gasteiger partial charge on any atom is 0.417 e. The van der Waals surface area contributed by atoms with Gasteiger partial charge in [0.25, 0.3) is 5.91 Å². The van der Waals surface area contributed by atoms with E-state index >= 15 is 4.39 Å². The number of carbonyl (C=O) groups is 6. The molecule has 2 aromatic carbocycles. The Morgan fingerprint density at radius 3 is 2.10 bits per heavy atom. The van der Waals surface area contributed by atoms with Gasteiger partial charge in [-0.05, 0) is 69.3 Å². The number of carbonyl (C=O) groups excluding carboxylic acids is 6. The number of H-pyrrole nitrogens is 1. The van der Waals surface area contributed by atoms with Gasteiger partial charge < -0.3 is 51.0 Å². The van der Waals surface area contributed by atoms with E-state index in [0.717, 1.165) is 53.8 Å². The van der Waals surface area contributed by atoms with E-state index in [0.29, 0.717) is 70.4 Å². The highest BCUT2D eigenvalue weighted by Gasteiger charge is 2.45. The summed E-state index contributed by atoms with van der Waals surface area (Å²) in [5.41, 5.74) is 1.25. The number of amides is 6. The van der Waals surface area contributed by atoms with Gasteiger partial charge >= 0.3 is 6.18 Å². The number of likely N-dealkylation sites (tertiary alicyclic amines) is 1. The number of unbranched alkanes of at least 4 members (excludes halogenated alkanes) is 5. The largest absolute Gasteiger partial charge is 0.417 e. The van der Waals surface area contributed by atoms with Crippen LogP contribution >= 0.6 is 11.3 Å². The SMILES string of the molecule is Cc1ncsc1-c1ccc(CNC(=O)[C@@H]2C[C@@H](O)CN2C(=O)[C@@H](NC(=O)CCCCCCCCNC(=O)CCC(=O)N2CCN(c3ncc(-c4cc(NC(=O)c5c[nH]c(=O)cc5C(F)(F)F)c(N5C[C@@H](C)N(C)[C@@H](C)C5)cc4F)cn3)CC2)C(C)(C)C)cc1. The molecule has 0 aliphatic carbocycles. The number of halogens is 4. The first-order valence-corrected chi connectivity index (χ1v) is 31.2. The summed E-state index contributed by atoms with van der Waals surface area (Å²) in [6, 6.07) is 8.95. The van der Waals surface area contributed by atoms with Crippen molar-refractivity contribution in [3.8, 4) is 21.6 Å². The molecule has 3 fully saturated rings. The number of hydrogen-bond acceptors (Lipinski definition) is 15. The second-order valence-corrected chi connectivity index (χ2v) is 25.4. The van der Waals surface area contributed by atoms with Crippen molar-refractivity contribution in [2.75, 3.05) is 74.5 Å². The molecule has 5 atom stereocenters. The molecule has 0 bridgehead atoms. The number of alkyl halides is 3. The van der Waals surface area contributed by atoms with Crippen molar-refractivity contribution >= 4 is 64.1 Å². The molecule has 8 rings (SSSR count). The van der Waals surface area contributed by atoms with Crippen molar-refractivity contribution in [1.29, 1.82) is 0 Å². The minimum Gasteiger partial charge on any atom is -0.391 e. The second-order valence-electron chi connectivity index (χ2n) is 24.5. The maximum atomic E-state index is 16.2. The lowest BCUT2D eigenvalue weighted by Crippen LogP contribution is -2.57. The number of nitrogens with zero attached hydrogens (tertiary/aromatic N) is 8. The summed E-state index contributed by atoms with van der Waals surface area (Å²) >= 11 is 1.56. The first kappa shape index (κ1) is 67.1. The van der Waals surface area contributed by atoms with Gasteiger partial charge in [-0.1, -0.05) is 70.7 Å². The smallest absolute Gasteiger partial charge is 0.391 e. The van der Waals surface area contributed by atoms with Crippen LogP contribution in [0.2, 0.25) is 0 Å². The molecular formula is C63H81F4N13O8S. The second kappa shape index (κ2) is 29.6. The Morgan fingerprint density at radius 2 is 1.46 bits per heavy atom. The average Bonchev–Trinajstić information content (AvgIpc) is 3.77. The van der Waals surface area contributed by atoms with E-state index in [1.807, 2.05) is 82.7 Å². The van der Waals surface area contributed by atoms with Crippen molar-refractivity contribution in [2.45, 2.75) is 149 Å². The number of aliphatic hydroxyl groups is 1. The zero-order valence-electron chi connectivity index (χ0n) is 51.5. The quantitative estimate of drug-likeness (QED) is 0.0277. The topological polar surface area (TPSA) is 258 Å². The number of aliphatic hydroxyl groups excluding tert-OH is 1. The van der Waals surface area contributed by atoms with Crippen LogP contribution in [0.4, 0.5) is 34.9 Å². The summed E-state index contributed by atoms with van der Waals surface area (Å²) in [4.78, 5) is 117. The van der Waals surface area contributed by atoms with Crippen molar-refractivity contribution in [2.24, 2.45) is 5.41 Å². The molecule has 21 nitrogen and oxygen atoms in total. The van der Waals surface area contributed by atoms with Crippen LogP contribution < -0.4 is 36.6 Å². The Morgan fingerprint density at radius 1 is 0.798 bits per heavy atom. The Balaban J connectivity index is 0.719.